The van der Waals surface area contributed by atoms with E-state index in [1.54, 1.807) is 9.58 Å². The molecule has 0 unspecified atom stereocenters. The molecule has 0 radical (unpaired) electrons. The van der Waals surface area contributed by atoms with Crippen LogP contribution in [0.1, 0.15) is 47.2 Å². The van der Waals surface area contributed by atoms with E-state index in [-0.39, 0.29) is 54.2 Å². The van der Waals surface area contributed by atoms with Crippen LogP contribution in [0, 0.1) is 0 Å². The lowest BCUT2D eigenvalue weighted by molar-refractivity contribution is -0.0891. The first kappa shape index (κ1) is 29.8. The van der Waals surface area contributed by atoms with E-state index in [0.29, 0.717) is 55.4 Å². The molecule has 218 valence electrons. The van der Waals surface area contributed by atoms with Gasteiger partial charge in [-0.05, 0) is 31.8 Å². The lowest BCUT2D eigenvalue weighted by Crippen LogP contribution is -2.66. The Labute approximate surface area is 235 Å². The molecular formula is C26H33ClF3N7O3. The van der Waals surface area contributed by atoms with Gasteiger partial charge in [0.1, 0.15) is 5.82 Å². The second kappa shape index (κ2) is 11.4. The number of carbonyl (C=O) groups excluding carboxylic acids is 1. The minimum absolute atomic E-state index is 0.0168. The Hall–Kier alpha value is -3.16. The first-order valence-electron chi connectivity index (χ1n) is 12.7. The zero-order chi connectivity index (χ0) is 29.4. The number of methoxy groups -OCH3 is 2. The molecule has 14 heteroatoms. The van der Waals surface area contributed by atoms with Crippen LogP contribution in [0.4, 0.5) is 19.0 Å². The van der Waals surface area contributed by atoms with Crippen LogP contribution in [-0.2, 0) is 30.9 Å². The number of halogens is 4. The largest absolute Gasteiger partial charge is 0.467 e. The Morgan fingerprint density at radius 2 is 1.90 bits per heavy atom. The number of ether oxygens (including phenoxy) is 2. The molecule has 2 aromatic heterocycles. The monoisotopic (exact) mass is 583 g/mol. The Morgan fingerprint density at radius 1 is 1.20 bits per heavy atom. The van der Waals surface area contributed by atoms with E-state index in [0.717, 1.165) is 0 Å². The van der Waals surface area contributed by atoms with Crippen LogP contribution < -0.4 is 15.4 Å². The summed E-state index contributed by atoms with van der Waals surface area (Å²) in [6, 6.07) is 0.0625. The molecule has 2 aliphatic heterocycles. The molecule has 2 aliphatic rings. The molecule has 0 aromatic carbocycles. The lowest BCUT2D eigenvalue weighted by atomic mass is 9.93. The van der Waals surface area contributed by atoms with E-state index in [2.05, 4.69) is 28.2 Å². The van der Waals surface area contributed by atoms with Crippen molar-refractivity contribution >= 4 is 23.3 Å². The molecule has 0 saturated carbocycles. The standard InChI is InChI=1S/C26H33ClF3N7O3/c1-15(16(2)26(28,29)30)7-8-18-17(12-39-4)22(33-24(32-18)40-5)35-9-6-10-37-19(11-35)20(27)21(34-37)23(38)36-13-25(3,31)14-36/h1-2,6-14,31H2,3-5H3. The summed E-state index contributed by atoms with van der Waals surface area (Å²) in [7, 11) is 2.92. The van der Waals surface area contributed by atoms with Gasteiger partial charge in [0, 0.05) is 44.4 Å². The third-order valence-electron chi connectivity index (χ3n) is 6.98. The van der Waals surface area contributed by atoms with Crippen molar-refractivity contribution < 1.29 is 27.4 Å². The first-order chi connectivity index (χ1) is 18.8. The van der Waals surface area contributed by atoms with Gasteiger partial charge in [0.15, 0.2) is 5.69 Å². The van der Waals surface area contributed by atoms with Crippen molar-refractivity contribution in [3.05, 3.63) is 52.0 Å². The van der Waals surface area contributed by atoms with Gasteiger partial charge >= 0.3 is 12.2 Å². The van der Waals surface area contributed by atoms with Gasteiger partial charge < -0.3 is 25.0 Å². The molecule has 1 amide bonds. The van der Waals surface area contributed by atoms with E-state index >= 15 is 0 Å². The third kappa shape index (κ3) is 6.11. The van der Waals surface area contributed by atoms with Crippen LogP contribution in [0.2, 0.25) is 5.02 Å². The van der Waals surface area contributed by atoms with E-state index in [4.69, 9.17) is 26.8 Å². The van der Waals surface area contributed by atoms with Crippen LogP contribution in [0.15, 0.2) is 24.3 Å². The summed E-state index contributed by atoms with van der Waals surface area (Å²) in [6.45, 7) is 10.9. The molecule has 10 nitrogen and oxygen atoms in total. The zero-order valence-corrected chi connectivity index (χ0v) is 23.5. The molecule has 0 spiro atoms. The minimum Gasteiger partial charge on any atom is -0.467 e. The Kier molecular flexibility index (Phi) is 8.48. The van der Waals surface area contributed by atoms with Gasteiger partial charge in [-0.15, -0.1) is 0 Å². The number of aryl methyl sites for hydroxylation is 2. The van der Waals surface area contributed by atoms with Crippen molar-refractivity contribution in [3.63, 3.8) is 0 Å². The van der Waals surface area contributed by atoms with E-state index < -0.39 is 17.3 Å². The van der Waals surface area contributed by atoms with Gasteiger partial charge in [0.2, 0.25) is 0 Å². The SMILES string of the molecule is C=C(CCc1nc(OC)nc(N2CCCn3nc(C(=O)N4CC(C)(N)C4)c(Cl)c3C2)c1COC)C(=C)C(F)(F)F. The molecule has 40 heavy (non-hydrogen) atoms. The van der Waals surface area contributed by atoms with E-state index in [1.165, 1.54) is 14.2 Å². The molecule has 2 aromatic rings. The number of amides is 1. The van der Waals surface area contributed by atoms with Crippen molar-refractivity contribution in [2.45, 2.75) is 57.6 Å². The highest BCUT2D eigenvalue weighted by Gasteiger charge is 2.40. The number of rotatable bonds is 9. The average molecular weight is 584 g/mol. The van der Waals surface area contributed by atoms with Gasteiger partial charge in [-0.25, -0.2) is 0 Å². The number of hydrogen-bond donors (Lipinski definition) is 1. The van der Waals surface area contributed by atoms with Crippen LogP contribution >= 0.6 is 11.6 Å². The number of fused-ring (bicyclic) bond motifs is 1. The summed E-state index contributed by atoms with van der Waals surface area (Å²) in [4.78, 5) is 25.6. The average Bonchev–Trinajstić information content (AvgIpc) is 3.05. The number of alkyl halides is 3. The highest BCUT2D eigenvalue weighted by atomic mass is 35.5. The van der Waals surface area contributed by atoms with Crippen molar-refractivity contribution in [1.29, 1.82) is 0 Å². The minimum atomic E-state index is -4.56. The van der Waals surface area contributed by atoms with Crippen molar-refractivity contribution in [2.75, 3.05) is 38.8 Å². The van der Waals surface area contributed by atoms with E-state index in [9.17, 15) is 18.0 Å². The number of nitrogens with two attached hydrogens (primary N) is 1. The molecule has 0 bridgehead atoms. The fourth-order valence-electron chi connectivity index (χ4n) is 4.89. The molecule has 4 rings (SSSR count). The normalized spacial score (nSPS) is 16.7. The molecule has 0 aliphatic carbocycles. The molecule has 2 N–H and O–H groups in total. The maximum atomic E-state index is 13.1. The summed E-state index contributed by atoms with van der Waals surface area (Å²) in [5.74, 6) is 0.232. The fraction of sp³-hybridized carbons (Fsp3) is 0.538. The van der Waals surface area contributed by atoms with Gasteiger partial charge in [-0.1, -0.05) is 24.8 Å². The number of likely N-dealkylation sites (tertiary alicyclic amines) is 1. The van der Waals surface area contributed by atoms with Gasteiger partial charge in [0.25, 0.3) is 5.91 Å². The first-order valence-corrected chi connectivity index (χ1v) is 13.1. The van der Waals surface area contributed by atoms with Crippen molar-refractivity contribution in [3.8, 4) is 6.01 Å². The van der Waals surface area contributed by atoms with Crippen LogP contribution in [0.25, 0.3) is 0 Å². The number of carbonyl (C=O) groups is 1. The predicted octanol–water partition coefficient (Wildman–Crippen LogP) is 3.67. The topological polar surface area (TPSA) is 112 Å². The molecule has 0 atom stereocenters. The lowest BCUT2D eigenvalue weighted by Gasteiger charge is -2.45. The zero-order valence-electron chi connectivity index (χ0n) is 22.8. The van der Waals surface area contributed by atoms with Crippen molar-refractivity contribution in [1.82, 2.24) is 24.6 Å². The summed E-state index contributed by atoms with van der Waals surface area (Å²) in [6.07, 6.45) is -3.77. The highest BCUT2D eigenvalue weighted by Crippen LogP contribution is 2.34. The quantitative estimate of drug-likeness (QED) is 0.445. The van der Waals surface area contributed by atoms with E-state index in [1.807, 2.05) is 11.8 Å². The smallest absolute Gasteiger partial charge is 0.416 e. The predicted molar refractivity (Wildman–Crippen MR) is 143 cm³/mol. The molecule has 1 saturated heterocycles. The maximum absolute atomic E-state index is 13.1. The van der Waals surface area contributed by atoms with Crippen LogP contribution in [0.3, 0.4) is 0 Å². The second-order valence-corrected chi connectivity index (χ2v) is 10.8. The third-order valence-corrected chi connectivity index (χ3v) is 7.38. The number of allylic oxidation sites excluding steroid dienone is 2. The molecule has 1 fully saturated rings. The Morgan fingerprint density at radius 3 is 2.50 bits per heavy atom. The van der Waals surface area contributed by atoms with Crippen molar-refractivity contribution in [2.24, 2.45) is 5.73 Å². The van der Waals surface area contributed by atoms with Gasteiger partial charge in [0.05, 0.1) is 42.2 Å². The van der Waals surface area contributed by atoms with Crippen LogP contribution in [0.5, 0.6) is 6.01 Å². The summed E-state index contributed by atoms with van der Waals surface area (Å²) in [5.41, 5.74) is 6.44. The fourth-order valence-corrected chi connectivity index (χ4v) is 5.16. The Balaban J connectivity index is 1.64. The number of nitrogens with zero attached hydrogens (tertiary/aromatic N) is 6. The van der Waals surface area contributed by atoms with Gasteiger partial charge in [-0.2, -0.15) is 28.2 Å². The summed E-state index contributed by atoms with van der Waals surface area (Å²) >= 11 is 6.72. The van der Waals surface area contributed by atoms with Crippen LogP contribution in [-0.4, -0.2) is 76.1 Å². The Bertz CT molecular complexity index is 1320. The molecule has 4 heterocycles. The number of hydrogen-bond acceptors (Lipinski definition) is 8. The summed E-state index contributed by atoms with van der Waals surface area (Å²) in [5, 5.41) is 4.78. The van der Waals surface area contributed by atoms with Gasteiger partial charge in [-0.3, -0.25) is 9.48 Å². The summed E-state index contributed by atoms with van der Waals surface area (Å²) < 4.78 is 51.9. The second-order valence-electron chi connectivity index (χ2n) is 10.4. The maximum Gasteiger partial charge on any atom is 0.416 e. The highest BCUT2D eigenvalue weighted by molar-refractivity contribution is 6.34. The number of anilines is 1. The number of aromatic nitrogens is 4. The molecular weight excluding hydrogens is 551 g/mol.